The molecule has 0 radical (unpaired) electrons. The minimum Gasteiger partial charge on any atom is -0.437 e. The Bertz CT molecular complexity index is 1070. The molecule has 24 heavy (non-hydrogen) atoms. The maximum atomic E-state index is 12.1. The normalized spacial score (nSPS) is 11.3. The van der Waals surface area contributed by atoms with Crippen LogP contribution in [-0.4, -0.2) is 4.98 Å². The van der Waals surface area contributed by atoms with Crippen LogP contribution in [-0.2, 0) is 0 Å². The van der Waals surface area contributed by atoms with Crippen molar-refractivity contribution >= 4 is 23.1 Å². The summed E-state index contributed by atoms with van der Waals surface area (Å²) in [5.74, 6) is 0.823. The molecule has 4 aromatic rings. The van der Waals surface area contributed by atoms with Crippen LogP contribution < -0.4 is 5.63 Å². The highest BCUT2D eigenvalue weighted by Crippen LogP contribution is 2.22. The first-order valence-electron chi connectivity index (χ1n) is 7.52. The lowest BCUT2D eigenvalue weighted by Gasteiger charge is -1.98. The van der Waals surface area contributed by atoms with Crippen molar-refractivity contribution in [2.75, 3.05) is 0 Å². The Balaban J connectivity index is 1.69. The SMILES string of the molecule is O=c1oc2ccccc2cc1-c1cnc(/C=C/c2ccccc2)o1. The summed E-state index contributed by atoms with van der Waals surface area (Å²) in [7, 11) is 0. The largest absolute Gasteiger partial charge is 0.437 e. The average molecular weight is 315 g/mol. The summed E-state index contributed by atoms with van der Waals surface area (Å²) in [6.07, 6.45) is 5.20. The van der Waals surface area contributed by atoms with Gasteiger partial charge >= 0.3 is 5.63 Å². The molecule has 0 amide bonds. The second-order valence-corrected chi connectivity index (χ2v) is 5.29. The van der Waals surface area contributed by atoms with Crippen molar-refractivity contribution in [1.82, 2.24) is 4.98 Å². The quantitative estimate of drug-likeness (QED) is 0.518. The molecule has 0 N–H and O–H groups in total. The molecule has 0 aliphatic carbocycles. The first-order chi connectivity index (χ1) is 11.8. The van der Waals surface area contributed by atoms with Gasteiger partial charge in [0.25, 0.3) is 0 Å². The lowest BCUT2D eigenvalue weighted by molar-refractivity contribution is 0.539. The van der Waals surface area contributed by atoms with Gasteiger partial charge in [0.05, 0.1) is 6.20 Å². The molecule has 0 bridgehead atoms. The summed E-state index contributed by atoms with van der Waals surface area (Å²) in [6.45, 7) is 0. The smallest absolute Gasteiger partial charge is 0.347 e. The topological polar surface area (TPSA) is 56.2 Å². The van der Waals surface area contributed by atoms with Crippen LogP contribution in [0.3, 0.4) is 0 Å². The van der Waals surface area contributed by atoms with Gasteiger partial charge in [0.15, 0.2) is 5.76 Å². The maximum Gasteiger partial charge on any atom is 0.347 e. The van der Waals surface area contributed by atoms with Crippen molar-refractivity contribution in [2.24, 2.45) is 0 Å². The average Bonchev–Trinajstić information content (AvgIpc) is 3.09. The molecule has 0 unspecified atom stereocenters. The molecule has 4 rings (SSSR count). The zero-order chi connectivity index (χ0) is 16.4. The summed E-state index contributed by atoms with van der Waals surface area (Å²) in [5, 5.41) is 0.838. The van der Waals surface area contributed by atoms with Gasteiger partial charge in [0.2, 0.25) is 5.89 Å². The van der Waals surface area contributed by atoms with Crippen LogP contribution in [0.1, 0.15) is 11.5 Å². The third-order valence-electron chi connectivity index (χ3n) is 3.65. The number of oxazole rings is 1. The number of rotatable bonds is 3. The molecule has 4 nitrogen and oxygen atoms in total. The highest BCUT2D eigenvalue weighted by Gasteiger charge is 2.12. The van der Waals surface area contributed by atoms with Crippen LogP contribution in [0.4, 0.5) is 0 Å². The Hall–Kier alpha value is -3.40. The number of hydrogen-bond donors (Lipinski definition) is 0. The zero-order valence-electron chi connectivity index (χ0n) is 12.7. The molecule has 0 spiro atoms. The number of fused-ring (bicyclic) bond motifs is 1. The van der Waals surface area contributed by atoms with E-state index in [1.54, 1.807) is 18.2 Å². The van der Waals surface area contributed by atoms with E-state index in [0.29, 0.717) is 22.8 Å². The molecule has 0 saturated heterocycles. The van der Waals surface area contributed by atoms with Gasteiger partial charge < -0.3 is 8.83 Å². The number of nitrogens with zero attached hydrogens (tertiary/aromatic N) is 1. The van der Waals surface area contributed by atoms with E-state index in [9.17, 15) is 4.79 Å². The molecule has 116 valence electrons. The van der Waals surface area contributed by atoms with E-state index >= 15 is 0 Å². The predicted octanol–water partition coefficient (Wildman–Crippen LogP) is 4.62. The monoisotopic (exact) mass is 315 g/mol. The van der Waals surface area contributed by atoms with Gasteiger partial charge in [0.1, 0.15) is 11.1 Å². The summed E-state index contributed by atoms with van der Waals surface area (Å²) >= 11 is 0. The Morgan fingerprint density at radius 2 is 1.67 bits per heavy atom. The number of aromatic nitrogens is 1. The van der Waals surface area contributed by atoms with Crippen molar-refractivity contribution in [3.05, 3.63) is 88.7 Å². The standard InChI is InChI=1S/C20H13NO3/c22-20-16(12-15-8-4-5-9-17(15)24-20)18-13-21-19(23-18)11-10-14-6-2-1-3-7-14/h1-13H/b11-10+. The van der Waals surface area contributed by atoms with Crippen LogP contribution in [0.2, 0.25) is 0 Å². The van der Waals surface area contributed by atoms with Gasteiger partial charge in [-0.05, 0) is 23.8 Å². The zero-order valence-corrected chi connectivity index (χ0v) is 12.7. The Labute approximate surface area is 137 Å². The molecule has 2 aromatic carbocycles. The Kier molecular flexibility index (Phi) is 3.56. The van der Waals surface area contributed by atoms with Crippen LogP contribution in [0.5, 0.6) is 0 Å². The van der Waals surface area contributed by atoms with Crippen LogP contribution in [0, 0.1) is 0 Å². The molecule has 2 aromatic heterocycles. The molecule has 0 fully saturated rings. The van der Waals surface area contributed by atoms with Crippen molar-refractivity contribution in [1.29, 1.82) is 0 Å². The number of hydrogen-bond acceptors (Lipinski definition) is 4. The van der Waals surface area contributed by atoms with Crippen LogP contribution >= 0.6 is 0 Å². The van der Waals surface area contributed by atoms with Crippen molar-refractivity contribution in [2.45, 2.75) is 0 Å². The van der Waals surface area contributed by atoms with Gasteiger partial charge in [-0.3, -0.25) is 0 Å². The molecule has 0 atom stereocenters. The number of para-hydroxylation sites is 1. The van der Waals surface area contributed by atoms with E-state index in [1.807, 2.05) is 54.6 Å². The van der Waals surface area contributed by atoms with Gasteiger partial charge in [-0.1, -0.05) is 48.5 Å². The van der Waals surface area contributed by atoms with E-state index in [0.717, 1.165) is 10.9 Å². The van der Waals surface area contributed by atoms with Crippen molar-refractivity contribution in [3.63, 3.8) is 0 Å². The fraction of sp³-hybridized carbons (Fsp3) is 0. The molecule has 4 heteroatoms. The lowest BCUT2D eigenvalue weighted by Crippen LogP contribution is -2.01. The number of benzene rings is 2. The highest BCUT2D eigenvalue weighted by molar-refractivity contribution is 5.80. The Morgan fingerprint density at radius 1 is 0.875 bits per heavy atom. The first kappa shape index (κ1) is 14.2. The van der Waals surface area contributed by atoms with Crippen molar-refractivity contribution in [3.8, 4) is 11.3 Å². The molecule has 0 aliphatic heterocycles. The highest BCUT2D eigenvalue weighted by atomic mass is 16.4. The molecule has 0 aliphatic rings. The third-order valence-corrected chi connectivity index (χ3v) is 3.65. The second kappa shape index (κ2) is 6.01. The molecule has 0 saturated carbocycles. The molecule has 2 heterocycles. The van der Waals surface area contributed by atoms with E-state index in [1.165, 1.54) is 6.20 Å². The predicted molar refractivity (Wildman–Crippen MR) is 93.4 cm³/mol. The van der Waals surface area contributed by atoms with Crippen LogP contribution in [0.25, 0.3) is 34.4 Å². The first-order valence-corrected chi connectivity index (χ1v) is 7.52. The minimum atomic E-state index is -0.441. The van der Waals surface area contributed by atoms with E-state index in [4.69, 9.17) is 8.83 Å². The van der Waals surface area contributed by atoms with E-state index in [2.05, 4.69) is 4.98 Å². The third kappa shape index (κ3) is 2.77. The van der Waals surface area contributed by atoms with Gasteiger partial charge in [0, 0.05) is 11.5 Å². The van der Waals surface area contributed by atoms with Crippen LogP contribution in [0.15, 0.2) is 80.5 Å². The summed E-state index contributed by atoms with van der Waals surface area (Å²) in [6, 6.07) is 19.0. The summed E-state index contributed by atoms with van der Waals surface area (Å²) < 4.78 is 11.0. The summed E-state index contributed by atoms with van der Waals surface area (Å²) in [5.41, 5.74) is 1.52. The fourth-order valence-corrected chi connectivity index (χ4v) is 2.45. The van der Waals surface area contributed by atoms with Crippen molar-refractivity contribution < 1.29 is 8.83 Å². The minimum absolute atomic E-state index is 0.362. The van der Waals surface area contributed by atoms with E-state index < -0.39 is 5.63 Å². The maximum absolute atomic E-state index is 12.1. The van der Waals surface area contributed by atoms with Gasteiger partial charge in [-0.2, -0.15) is 0 Å². The Morgan fingerprint density at radius 3 is 2.54 bits per heavy atom. The molecular formula is C20H13NO3. The van der Waals surface area contributed by atoms with Gasteiger partial charge in [-0.25, -0.2) is 9.78 Å². The molecular weight excluding hydrogens is 302 g/mol. The van der Waals surface area contributed by atoms with Gasteiger partial charge in [-0.15, -0.1) is 0 Å². The lowest BCUT2D eigenvalue weighted by atomic mass is 10.1. The summed E-state index contributed by atoms with van der Waals surface area (Å²) in [4.78, 5) is 16.3. The van der Waals surface area contributed by atoms with E-state index in [-0.39, 0.29) is 0 Å². The second-order valence-electron chi connectivity index (χ2n) is 5.29. The fourth-order valence-electron chi connectivity index (χ4n) is 2.45.